The Hall–Kier alpha value is -2.25. The van der Waals surface area contributed by atoms with Crippen molar-refractivity contribution in [3.63, 3.8) is 0 Å². The van der Waals surface area contributed by atoms with Gasteiger partial charge in [0.1, 0.15) is 0 Å². The predicted molar refractivity (Wildman–Crippen MR) is 61.6 cm³/mol. The van der Waals surface area contributed by atoms with E-state index in [9.17, 15) is 9.59 Å². The van der Waals surface area contributed by atoms with E-state index in [0.717, 1.165) is 0 Å². The van der Waals surface area contributed by atoms with Gasteiger partial charge in [-0.05, 0) is 16.8 Å². The Kier molecular flexibility index (Phi) is 5.49. The van der Waals surface area contributed by atoms with E-state index in [4.69, 9.17) is 5.11 Å². The maximum absolute atomic E-state index is 11.5. The summed E-state index contributed by atoms with van der Waals surface area (Å²) in [6.07, 6.45) is 2.37. The van der Waals surface area contributed by atoms with Gasteiger partial charge in [-0.2, -0.15) is 0 Å². The smallest absolute Gasteiger partial charge is 0.305 e. The summed E-state index contributed by atoms with van der Waals surface area (Å²) in [5.74, 6) is -0.804. The first-order chi connectivity index (χ1) is 8.63. The highest BCUT2D eigenvalue weighted by molar-refractivity contribution is 5.78. The second-order valence-corrected chi connectivity index (χ2v) is 3.57. The molecule has 0 unspecified atom stereocenters. The molecule has 0 saturated carbocycles. The summed E-state index contributed by atoms with van der Waals surface area (Å²) in [6.45, 7) is 4.25. The number of aliphatic carboxylic acids is 1. The molecule has 0 bridgehead atoms. The number of tetrazole rings is 1. The molecule has 1 heterocycles. The Labute approximate surface area is 104 Å². The third kappa shape index (κ3) is 4.73. The third-order valence-corrected chi connectivity index (χ3v) is 2.13. The van der Waals surface area contributed by atoms with Gasteiger partial charge in [-0.1, -0.05) is 6.08 Å². The van der Waals surface area contributed by atoms with Gasteiger partial charge in [-0.25, -0.2) is 4.68 Å². The molecule has 8 heteroatoms. The molecule has 0 aliphatic heterocycles. The molecule has 18 heavy (non-hydrogen) atoms. The Morgan fingerprint density at radius 1 is 1.50 bits per heavy atom. The minimum atomic E-state index is -0.953. The number of rotatable bonds is 8. The summed E-state index contributed by atoms with van der Waals surface area (Å²) >= 11 is 0. The lowest BCUT2D eigenvalue weighted by molar-refractivity contribution is -0.136. The average molecular weight is 253 g/mol. The van der Waals surface area contributed by atoms with E-state index in [-0.39, 0.29) is 25.3 Å². The van der Waals surface area contributed by atoms with Gasteiger partial charge in [0.2, 0.25) is 5.91 Å². The van der Waals surface area contributed by atoms with Crippen LogP contribution >= 0.6 is 0 Å². The van der Waals surface area contributed by atoms with Gasteiger partial charge in [0.15, 0.2) is 5.82 Å². The Morgan fingerprint density at radius 3 is 2.94 bits per heavy atom. The number of hydrogen-bond acceptors (Lipinski definition) is 5. The largest absolute Gasteiger partial charge is 0.481 e. The van der Waals surface area contributed by atoms with Crippen LogP contribution in [0.4, 0.5) is 0 Å². The Bertz CT molecular complexity index is 429. The van der Waals surface area contributed by atoms with Crippen LogP contribution in [0.15, 0.2) is 12.7 Å². The molecule has 0 saturated heterocycles. The maximum Gasteiger partial charge on any atom is 0.305 e. The molecule has 1 rings (SSSR count). The summed E-state index contributed by atoms with van der Waals surface area (Å²) in [5, 5.41) is 21.9. The van der Waals surface area contributed by atoms with E-state index in [1.165, 1.54) is 4.68 Å². The fourth-order valence-electron chi connectivity index (χ4n) is 1.25. The van der Waals surface area contributed by atoms with Crippen LogP contribution in [-0.4, -0.2) is 43.7 Å². The maximum atomic E-state index is 11.5. The molecular formula is C10H15N5O3. The van der Waals surface area contributed by atoms with Crippen LogP contribution in [0.5, 0.6) is 0 Å². The van der Waals surface area contributed by atoms with Gasteiger partial charge in [0, 0.05) is 13.1 Å². The number of amides is 1. The highest BCUT2D eigenvalue weighted by Crippen LogP contribution is 1.96. The highest BCUT2D eigenvalue weighted by atomic mass is 16.4. The number of carboxylic acids is 1. The van der Waals surface area contributed by atoms with Gasteiger partial charge >= 0.3 is 5.97 Å². The molecule has 98 valence electrons. The monoisotopic (exact) mass is 253 g/mol. The minimum Gasteiger partial charge on any atom is -0.481 e. The van der Waals surface area contributed by atoms with Crippen LogP contribution in [0.25, 0.3) is 0 Å². The van der Waals surface area contributed by atoms with Crippen molar-refractivity contribution in [1.82, 2.24) is 25.5 Å². The number of carboxylic acid groups (broad SMARTS) is 1. The molecule has 0 fully saturated rings. The number of carbonyl (C=O) groups excluding carboxylic acids is 1. The van der Waals surface area contributed by atoms with Gasteiger partial charge in [0.05, 0.1) is 12.8 Å². The van der Waals surface area contributed by atoms with Gasteiger partial charge < -0.3 is 10.4 Å². The van der Waals surface area contributed by atoms with Gasteiger partial charge in [-0.3, -0.25) is 9.59 Å². The topological polar surface area (TPSA) is 110 Å². The van der Waals surface area contributed by atoms with Crippen LogP contribution in [0, 0.1) is 0 Å². The lowest BCUT2D eigenvalue weighted by atomic mass is 10.3. The quantitative estimate of drug-likeness (QED) is 0.597. The molecule has 0 aromatic carbocycles. The lowest BCUT2D eigenvalue weighted by Gasteiger charge is -2.04. The number of aryl methyl sites for hydroxylation is 1. The zero-order valence-corrected chi connectivity index (χ0v) is 9.87. The molecule has 0 radical (unpaired) electrons. The molecular weight excluding hydrogens is 238 g/mol. The normalized spacial score (nSPS) is 10.0. The van der Waals surface area contributed by atoms with Crippen LogP contribution in [0.3, 0.4) is 0 Å². The first kappa shape index (κ1) is 13.8. The minimum absolute atomic E-state index is 0.0315. The van der Waals surface area contributed by atoms with Crippen molar-refractivity contribution in [1.29, 1.82) is 0 Å². The summed E-state index contributed by atoms with van der Waals surface area (Å²) in [5.41, 5.74) is 0. The van der Waals surface area contributed by atoms with E-state index < -0.39 is 5.97 Å². The number of nitrogens with one attached hydrogen (secondary N) is 1. The van der Waals surface area contributed by atoms with E-state index in [1.807, 2.05) is 0 Å². The van der Waals surface area contributed by atoms with E-state index in [2.05, 4.69) is 27.4 Å². The average Bonchev–Trinajstić information content (AvgIpc) is 2.73. The van der Waals surface area contributed by atoms with Crippen LogP contribution < -0.4 is 5.32 Å². The second-order valence-electron chi connectivity index (χ2n) is 3.57. The van der Waals surface area contributed by atoms with Gasteiger partial charge in [0.25, 0.3) is 0 Å². The molecule has 0 atom stereocenters. The molecule has 0 spiro atoms. The number of hydrogen-bond donors (Lipinski definition) is 2. The third-order valence-electron chi connectivity index (χ3n) is 2.13. The molecule has 2 N–H and O–H groups in total. The number of aromatic nitrogens is 4. The lowest BCUT2D eigenvalue weighted by Crippen LogP contribution is -2.28. The zero-order chi connectivity index (χ0) is 13.4. The summed E-state index contributed by atoms with van der Waals surface area (Å²) < 4.78 is 1.53. The van der Waals surface area contributed by atoms with Crippen LogP contribution in [0.1, 0.15) is 18.7 Å². The van der Waals surface area contributed by atoms with Crippen molar-refractivity contribution in [2.45, 2.75) is 25.8 Å². The molecule has 0 aliphatic carbocycles. The van der Waals surface area contributed by atoms with Crippen molar-refractivity contribution in [3.8, 4) is 0 Å². The summed E-state index contributed by atoms with van der Waals surface area (Å²) in [6, 6.07) is 0. The zero-order valence-electron chi connectivity index (χ0n) is 9.87. The first-order valence-electron chi connectivity index (χ1n) is 5.48. The number of nitrogens with zero attached hydrogens (tertiary/aromatic N) is 4. The Morgan fingerprint density at radius 2 is 2.28 bits per heavy atom. The summed E-state index contributed by atoms with van der Waals surface area (Å²) in [7, 11) is 0. The number of allylic oxidation sites excluding steroid dienone is 1. The molecule has 1 aromatic heterocycles. The summed E-state index contributed by atoms with van der Waals surface area (Å²) in [4.78, 5) is 21.8. The fourth-order valence-corrected chi connectivity index (χ4v) is 1.25. The molecule has 8 nitrogen and oxygen atoms in total. The standard InChI is InChI=1S/C10H15N5O3/c1-2-3-6-15-8(12-13-14-15)7-9(16)11-5-4-10(17)18/h2H,1,3-7H2,(H,11,16)(H,17,18). The fraction of sp³-hybridized carbons (Fsp3) is 0.500. The van der Waals surface area contributed by atoms with E-state index >= 15 is 0 Å². The van der Waals surface area contributed by atoms with Crippen molar-refractivity contribution in [2.24, 2.45) is 0 Å². The van der Waals surface area contributed by atoms with Gasteiger partial charge in [-0.15, -0.1) is 11.7 Å². The molecule has 1 amide bonds. The van der Waals surface area contributed by atoms with E-state index in [0.29, 0.717) is 18.8 Å². The highest BCUT2D eigenvalue weighted by Gasteiger charge is 2.10. The van der Waals surface area contributed by atoms with Crippen molar-refractivity contribution < 1.29 is 14.7 Å². The Balaban J connectivity index is 2.41. The van der Waals surface area contributed by atoms with Crippen molar-refractivity contribution in [2.75, 3.05) is 6.54 Å². The first-order valence-corrected chi connectivity index (χ1v) is 5.48. The van der Waals surface area contributed by atoms with Crippen LogP contribution in [0.2, 0.25) is 0 Å². The van der Waals surface area contributed by atoms with E-state index in [1.54, 1.807) is 6.08 Å². The molecule has 1 aromatic rings. The SMILES string of the molecule is C=CCCn1nnnc1CC(=O)NCCC(=O)O. The predicted octanol–water partition coefficient (Wildman–Crippen LogP) is -0.617. The van der Waals surface area contributed by atoms with Crippen LogP contribution in [-0.2, 0) is 22.6 Å². The van der Waals surface area contributed by atoms with Crippen molar-refractivity contribution in [3.05, 3.63) is 18.5 Å². The number of carbonyl (C=O) groups is 2. The molecule has 0 aliphatic rings. The van der Waals surface area contributed by atoms with Crippen molar-refractivity contribution >= 4 is 11.9 Å². The second kappa shape index (κ2) is 7.15.